The molecule has 0 unspecified atom stereocenters. The molecule has 4 N–H and O–H groups in total. The summed E-state index contributed by atoms with van der Waals surface area (Å²) in [5.41, 5.74) is 7.46. The molecular formula is C16H25N3O2. The predicted molar refractivity (Wildman–Crippen MR) is 84.6 cm³/mol. The molecule has 5 heteroatoms. The van der Waals surface area contributed by atoms with Crippen molar-refractivity contribution >= 4 is 17.5 Å². The summed E-state index contributed by atoms with van der Waals surface area (Å²) >= 11 is 0. The monoisotopic (exact) mass is 291 g/mol. The minimum absolute atomic E-state index is 0.0124. The molecule has 0 aromatic heterocycles. The summed E-state index contributed by atoms with van der Waals surface area (Å²) < 4.78 is 0. The van der Waals surface area contributed by atoms with Gasteiger partial charge in [0, 0.05) is 18.2 Å². The molecule has 21 heavy (non-hydrogen) atoms. The summed E-state index contributed by atoms with van der Waals surface area (Å²) in [6, 6.07) is 6.96. The topological polar surface area (TPSA) is 84.2 Å². The first-order valence-corrected chi connectivity index (χ1v) is 7.37. The van der Waals surface area contributed by atoms with Crippen molar-refractivity contribution in [2.45, 2.75) is 46.2 Å². The molecule has 1 atom stereocenters. The lowest BCUT2D eigenvalue weighted by molar-refractivity contribution is -0.122. The van der Waals surface area contributed by atoms with Crippen molar-refractivity contribution in [3.8, 4) is 0 Å². The third kappa shape index (κ3) is 5.95. The number of nitrogens with two attached hydrogens (primary N) is 1. The SMILES string of the molecule is CCC[C@H](N)C(=O)NCc1ccc(NC(=O)C(C)C)cc1. The second-order valence-electron chi connectivity index (χ2n) is 5.45. The van der Waals surface area contributed by atoms with Gasteiger partial charge < -0.3 is 16.4 Å². The van der Waals surface area contributed by atoms with Gasteiger partial charge in [-0.3, -0.25) is 9.59 Å². The minimum Gasteiger partial charge on any atom is -0.351 e. The Morgan fingerprint density at radius 1 is 1.14 bits per heavy atom. The van der Waals surface area contributed by atoms with E-state index in [0.29, 0.717) is 13.0 Å². The fourth-order valence-corrected chi connectivity index (χ4v) is 1.75. The third-order valence-electron chi connectivity index (χ3n) is 3.15. The van der Waals surface area contributed by atoms with Gasteiger partial charge in [0.2, 0.25) is 11.8 Å². The van der Waals surface area contributed by atoms with Gasteiger partial charge in [-0.2, -0.15) is 0 Å². The molecule has 0 aliphatic rings. The van der Waals surface area contributed by atoms with Crippen LogP contribution < -0.4 is 16.4 Å². The van der Waals surface area contributed by atoms with Crippen LogP contribution in [0.5, 0.6) is 0 Å². The molecule has 0 bridgehead atoms. The van der Waals surface area contributed by atoms with Crippen molar-refractivity contribution in [1.29, 1.82) is 0 Å². The maximum absolute atomic E-state index is 11.7. The van der Waals surface area contributed by atoms with Crippen molar-refractivity contribution in [2.24, 2.45) is 11.7 Å². The summed E-state index contributed by atoms with van der Waals surface area (Å²) in [6.45, 7) is 6.13. The number of amides is 2. The maximum atomic E-state index is 11.7. The zero-order valence-electron chi connectivity index (χ0n) is 13.0. The molecule has 1 aromatic rings. The molecule has 0 fully saturated rings. The average Bonchev–Trinajstić information content (AvgIpc) is 2.46. The number of hydrogen-bond acceptors (Lipinski definition) is 3. The Balaban J connectivity index is 2.48. The van der Waals surface area contributed by atoms with E-state index in [0.717, 1.165) is 17.7 Å². The molecule has 0 spiro atoms. The van der Waals surface area contributed by atoms with Gasteiger partial charge in [0.05, 0.1) is 6.04 Å². The zero-order chi connectivity index (χ0) is 15.8. The molecule has 0 aliphatic heterocycles. The van der Waals surface area contributed by atoms with Crippen LogP contribution in [0.15, 0.2) is 24.3 Å². The Morgan fingerprint density at radius 3 is 2.29 bits per heavy atom. The van der Waals surface area contributed by atoms with Gasteiger partial charge >= 0.3 is 0 Å². The number of carbonyl (C=O) groups is 2. The predicted octanol–water partition coefficient (Wildman–Crippen LogP) is 2.02. The highest BCUT2D eigenvalue weighted by Gasteiger charge is 2.11. The Labute approximate surface area is 126 Å². The van der Waals surface area contributed by atoms with Crippen LogP contribution in [-0.2, 0) is 16.1 Å². The van der Waals surface area contributed by atoms with E-state index < -0.39 is 6.04 Å². The molecular weight excluding hydrogens is 266 g/mol. The van der Waals surface area contributed by atoms with Gasteiger partial charge in [-0.05, 0) is 24.1 Å². The first kappa shape index (κ1) is 17.2. The van der Waals surface area contributed by atoms with Crippen molar-refractivity contribution in [3.05, 3.63) is 29.8 Å². The molecule has 5 nitrogen and oxygen atoms in total. The smallest absolute Gasteiger partial charge is 0.237 e. The van der Waals surface area contributed by atoms with E-state index in [1.807, 2.05) is 45.0 Å². The highest BCUT2D eigenvalue weighted by molar-refractivity contribution is 5.92. The summed E-state index contributed by atoms with van der Waals surface area (Å²) in [5, 5.41) is 5.63. The summed E-state index contributed by atoms with van der Waals surface area (Å²) in [6.07, 6.45) is 1.57. The number of carbonyl (C=O) groups excluding carboxylic acids is 2. The van der Waals surface area contributed by atoms with Gasteiger partial charge in [0.1, 0.15) is 0 Å². The van der Waals surface area contributed by atoms with Crippen LogP contribution in [0.1, 0.15) is 39.2 Å². The van der Waals surface area contributed by atoms with Crippen LogP contribution >= 0.6 is 0 Å². The van der Waals surface area contributed by atoms with E-state index in [1.165, 1.54) is 0 Å². The Hall–Kier alpha value is -1.88. The quantitative estimate of drug-likeness (QED) is 0.718. The highest BCUT2D eigenvalue weighted by atomic mass is 16.2. The van der Waals surface area contributed by atoms with Gasteiger partial charge in [-0.25, -0.2) is 0 Å². The highest BCUT2D eigenvalue weighted by Crippen LogP contribution is 2.11. The van der Waals surface area contributed by atoms with E-state index in [1.54, 1.807) is 0 Å². The maximum Gasteiger partial charge on any atom is 0.237 e. The van der Waals surface area contributed by atoms with E-state index in [-0.39, 0.29) is 17.7 Å². The molecule has 0 saturated heterocycles. The summed E-state index contributed by atoms with van der Waals surface area (Å²) in [7, 11) is 0. The Morgan fingerprint density at radius 2 is 1.76 bits per heavy atom. The Kier molecular flexibility index (Phi) is 6.88. The van der Waals surface area contributed by atoms with E-state index in [4.69, 9.17) is 5.73 Å². The second kappa shape index (κ2) is 8.42. The van der Waals surface area contributed by atoms with Gasteiger partial charge in [-0.15, -0.1) is 0 Å². The van der Waals surface area contributed by atoms with Gasteiger partial charge in [0.25, 0.3) is 0 Å². The van der Waals surface area contributed by atoms with Crippen LogP contribution in [-0.4, -0.2) is 17.9 Å². The van der Waals surface area contributed by atoms with Crippen molar-refractivity contribution in [3.63, 3.8) is 0 Å². The second-order valence-corrected chi connectivity index (χ2v) is 5.45. The lowest BCUT2D eigenvalue weighted by Gasteiger charge is -2.12. The molecule has 0 saturated carbocycles. The normalized spacial score (nSPS) is 12.0. The van der Waals surface area contributed by atoms with Crippen LogP contribution in [0.25, 0.3) is 0 Å². The standard InChI is InChI=1S/C16H25N3O2/c1-4-5-14(17)16(21)18-10-12-6-8-13(9-7-12)19-15(20)11(2)3/h6-9,11,14H,4-5,10,17H2,1-3H3,(H,18,21)(H,19,20)/t14-/m0/s1. The molecule has 0 heterocycles. The Bertz CT molecular complexity index is 469. The lowest BCUT2D eigenvalue weighted by atomic mass is 10.1. The number of anilines is 1. The summed E-state index contributed by atoms with van der Waals surface area (Å²) in [4.78, 5) is 23.3. The third-order valence-corrected chi connectivity index (χ3v) is 3.15. The van der Waals surface area contributed by atoms with Crippen LogP contribution in [0.4, 0.5) is 5.69 Å². The van der Waals surface area contributed by atoms with Crippen molar-refractivity contribution in [1.82, 2.24) is 5.32 Å². The number of hydrogen-bond donors (Lipinski definition) is 3. The lowest BCUT2D eigenvalue weighted by Crippen LogP contribution is -2.40. The molecule has 1 aromatic carbocycles. The van der Waals surface area contributed by atoms with E-state index >= 15 is 0 Å². The first-order valence-electron chi connectivity index (χ1n) is 7.37. The van der Waals surface area contributed by atoms with Crippen LogP contribution in [0.2, 0.25) is 0 Å². The van der Waals surface area contributed by atoms with Gasteiger partial charge in [-0.1, -0.05) is 39.3 Å². The fraction of sp³-hybridized carbons (Fsp3) is 0.500. The van der Waals surface area contributed by atoms with Gasteiger partial charge in [0.15, 0.2) is 0 Å². The van der Waals surface area contributed by atoms with Crippen LogP contribution in [0.3, 0.4) is 0 Å². The largest absolute Gasteiger partial charge is 0.351 e. The molecule has 2 amide bonds. The molecule has 0 radical (unpaired) electrons. The molecule has 1 rings (SSSR count). The average molecular weight is 291 g/mol. The zero-order valence-corrected chi connectivity index (χ0v) is 13.0. The van der Waals surface area contributed by atoms with Crippen molar-refractivity contribution < 1.29 is 9.59 Å². The van der Waals surface area contributed by atoms with E-state index in [2.05, 4.69) is 10.6 Å². The first-order chi connectivity index (χ1) is 9.93. The van der Waals surface area contributed by atoms with Crippen LogP contribution in [0, 0.1) is 5.92 Å². The summed E-state index contributed by atoms with van der Waals surface area (Å²) in [5.74, 6) is -0.195. The fourth-order valence-electron chi connectivity index (χ4n) is 1.75. The van der Waals surface area contributed by atoms with E-state index in [9.17, 15) is 9.59 Å². The number of nitrogens with one attached hydrogen (secondary N) is 2. The molecule has 116 valence electrons. The number of benzene rings is 1. The van der Waals surface area contributed by atoms with Crippen molar-refractivity contribution in [2.75, 3.05) is 5.32 Å². The number of rotatable bonds is 7. The molecule has 0 aliphatic carbocycles. The minimum atomic E-state index is -0.445.